The zero-order chi connectivity index (χ0) is 21.3. The van der Waals surface area contributed by atoms with E-state index in [1.54, 1.807) is 29.7 Å². The molecule has 0 bridgehead atoms. The summed E-state index contributed by atoms with van der Waals surface area (Å²) in [7, 11) is 0. The number of fused-ring (bicyclic) bond motifs is 1. The van der Waals surface area contributed by atoms with E-state index in [9.17, 15) is 4.79 Å². The van der Waals surface area contributed by atoms with Crippen LogP contribution in [0.15, 0.2) is 56.8 Å². The molecular weight excluding hydrogens is 420 g/mol. The summed E-state index contributed by atoms with van der Waals surface area (Å²) in [5.41, 5.74) is 2.43. The minimum Gasteiger partial charge on any atom is -0.425 e. The summed E-state index contributed by atoms with van der Waals surface area (Å²) in [5.74, 6) is 1.86. The zero-order valence-electron chi connectivity index (χ0n) is 16.9. The van der Waals surface area contributed by atoms with Crippen molar-refractivity contribution in [1.82, 2.24) is 19.7 Å². The van der Waals surface area contributed by atoms with Crippen LogP contribution in [0.2, 0.25) is 5.02 Å². The van der Waals surface area contributed by atoms with E-state index in [2.05, 4.69) is 36.2 Å². The van der Waals surface area contributed by atoms with E-state index >= 15 is 0 Å². The highest BCUT2D eigenvalue weighted by Gasteiger charge is 2.16. The van der Waals surface area contributed by atoms with Crippen LogP contribution in [0.4, 0.5) is 0 Å². The van der Waals surface area contributed by atoms with Crippen LogP contribution >= 0.6 is 23.4 Å². The van der Waals surface area contributed by atoms with Crippen molar-refractivity contribution in [2.24, 2.45) is 0 Å². The topological polar surface area (TPSA) is 73.8 Å². The number of benzene rings is 2. The van der Waals surface area contributed by atoms with Gasteiger partial charge in [-0.25, -0.2) is 4.98 Å². The highest BCUT2D eigenvalue weighted by molar-refractivity contribution is 7.98. The highest BCUT2D eigenvalue weighted by Crippen LogP contribution is 2.26. The monoisotopic (exact) mass is 440 g/mol. The van der Waals surface area contributed by atoms with Crippen molar-refractivity contribution < 1.29 is 4.42 Å². The van der Waals surface area contributed by atoms with E-state index in [-0.39, 0.29) is 5.56 Å². The van der Waals surface area contributed by atoms with Crippen molar-refractivity contribution in [3.05, 3.63) is 75.2 Å². The molecule has 0 unspecified atom stereocenters. The number of hydrogen-bond acceptors (Lipinski definition) is 6. The molecule has 0 saturated carbocycles. The number of halogens is 1. The SMILES string of the molecule is CC[C@H](C)c1ccc(-n2c(SCc3nnc(C)o3)nc3ccc(Cl)cc3c2=O)cc1. The van der Waals surface area contributed by atoms with Crippen LogP contribution in [0.1, 0.15) is 43.5 Å². The number of rotatable bonds is 6. The summed E-state index contributed by atoms with van der Waals surface area (Å²) in [6.45, 7) is 6.09. The Bertz CT molecular complexity index is 1250. The maximum atomic E-state index is 13.4. The number of thioether (sulfide) groups is 1. The highest BCUT2D eigenvalue weighted by atomic mass is 35.5. The Morgan fingerprint density at radius 1 is 1.17 bits per heavy atom. The van der Waals surface area contributed by atoms with Crippen molar-refractivity contribution in [2.45, 2.75) is 44.0 Å². The first-order chi connectivity index (χ1) is 14.5. The van der Waals surface area contributed by atoms with Crippen LogP contribution in [-0.4, -0.2) is 19.7 Å². The maximum Gasteiger partial charge on any atom is 0.266 e. The second kappa shape index (κ2) is 8.62. The Morgan fingerprint density at radius 3 is 2.60 bits per heavy atom. The van der Waals surface area contributed by atoms with Crippen molar-refractivity contribution in [2.75, 3.05) is 0 Å². The third-order valence-electron chi connectivity index (χ3n) is 5.02. The molecule has 0 aliphatic rings. The molecule has 1 atom stereocenters. The van der Waals surface area contributed by atoms with E-state index in [1.807, 2.05) is 12.1 Å². The quantitative estimate of drug-likeness (QED) is 0.289. The van der Waals surface area contributed by atoms with Gasteiger partial charge in [-0.05, 0) is 48.2 Å². The lowest BCUT2D eigenvalue weighted by molar-refractivity contribution is 0.485. The molecule has 0 spiro atoms. The summed E-state index contributed by atoms with van der Waals surface area (Å²) in [4.78, 5) is 18.1. The van der Waals surface area contributed by atoms with Gasteiger partial charge >= 0.3 is 0 Å². The molecule has 0 amide bonds. The Hall–Kier alpha value is -2.64. The molecule has 2 aromatic carbocycles. The largest absolute Gasteiger partial charge is 0.425 e. The molecule has 2 heterocycles. The molecule has 0 radical (unpaired) electrons. The van der Waals surface area contributed by atoms with Gasteiger partial charge in [0.1, 0.15) is 0 Å². The van der Waals surface area contributed by atoms with Gasteiger partial charge in [0.05, 0.1) is 22.3 Å². The molecule has 30 heavy (non-hydrogen) atoms. The van der Waals surface area contributed by atoms with Crippen molar-refractivity contribution in [3.8, 4) is 5.69 Å². The van der Waals surface area contributed by atoms with Crippen LogP contribution in [0.3, 0.4) is 0 Å². The first-order valence-corrected chi connectivity index (χ1v) is 11.1. The first kappa shape index (κ1) is 20.6. The molecule has 0 N–H and O–H groups in total. The van der Waals surface area contributed by atoms with Gasteiger partial charge in [0, 0.05) is 11.9 Å². The summed E-state index contributed by atoms with van der Waals surface area (Å²) in [6.07, 6.45) is 1.06. The van der Waals surface area contributed by atoms with Gasteiger partial charge in [-0.2, -0.15) is 0 Å². The Kier molecular flexibility index (Phi) is 5.92. The smallest absolute Gasteiger partial charge is 0.266 e. The fraction of sp³-hybridized carbons (Fsp3) is 0.273. The molecular formula is C22H21ClN4O2S. The average Bonchev–Trinajstić information content (AvgIpc) is 3.17. The third kappa shape index (κ3) is 4.13. The number of aromatic nitrogens is 4. The van der Waals surface area contributed by atoms with Gasteiger partial charge in [-0.1, -0.05) is 49.3 Å². The van der Waals surface area contributed by atoms with E-state index in [1.165, 1.54) is 17.3 Å². The molecule has 2 aromatic heterocycles. The minimum atomic E-state index is -0.164. The van der Waals surface area contributed by atoms with Crippen LogP contribution in [0.5, 0.6) is 0 Å². The van der Waals surface area contributed by atoms with Crippen LogP contribution in [0, 0.1) is 6.92 Å². The lowest BCUT2D eigenvalue weighted by Gasteiger charge is -2.14. The molecule has 0 saturated heterocycles. The molecule has 0 aliphatic heterocycles. The molecule has 4 aromatic rings. The zero-order valence-corrected chi connectivity index (χ0v) is 18.5. The number of aryl methyl sites for hydroxylation is 1. The summed E-state index contributed by atoms with van der Waals surface area (Å²) in [5, 5.41) is 9.42. The van der Waals surface area contributed by atoms with Crippen LogP contribution < -0.4 is 5.56 Å². The Labute approximate surface area is 183 Å². The van der Waals surface area contributed by atoms with E-state index in [0.717, 1.165) is 12.1 Å². The normalized spacial score (nSPS) is 12.4. The maximum absolute atomic E-state index is 13.4. The standard InChI is InChI=1S/C22H21ClN4O2S/c1-4-13(2)15-5-8-17(9-6-15)27-21(28)18-11-16(23)7-10-19(18)24-22(27)30-12-20-26-25-14(3)29-20/h5-11,13H,4,12H2,1-3H3/t13-/m0/s1. The molecule has 154 valence electrons. The van der Waals surface area contributed by atoms with Crippen LogP contribution in [-0.2, 0) is 5.75 Å². The fourth-order valence-corrected chi connectivity index (χ4v) is 4.19. The Balaban J connectivity index is 1.82. The number of hydrogen-bond donors (Lipinski definition) is 0. The Morgan fingerprint density at radius 2 is 1.93 bits per heavy atom. The van der Waals surface area contributed by atoms with Crippen molar-refractivity contribution in [3.63, 3.8) is 0 Å². The van der Waals surface area contributed by atoms with E-state index in [0.29, 0.717) is 44.5 Å². The van der Waals surface area contributed by atoms with Gasteiger partial charge in [0.25, 0.3) is 5.56 Å². The number of nitrogens with zero attached hydrogens (tertiary/aromatic N) is 4. The predicted molar refractivity (Wildman–Crippen MR) is 120 cm³/mol. The van der Waals surface area contributed by atoms with Gasteiger partial charge < -0.3 is 4.42 Å². The molecule has 8 heteroatoms. The van der Waals surface area contributed by atoms with Gasteiger partial charge in [0.15, 0.2) is 5.16 Å². The second-order valence-electron chi connectivity index (χ2n) is 7.10. The summed E-state index contributed by atoms with van der Waals surface area (Å²) in [6, 6.07) is 13.2. The van der Waals surface area contributed by atoms with Gasteiger partial charge in [0.2, 0.25) is 11.8 Å². The lowest BCUT2D eigenvalue weighted by Crippen LogP contribution is -2.21. The van der Waals surface area contributed by atoms with Crippen LogP contribution in [0.25, 0.3) is 16.6 Å². The molecule has 6 nitrogen and oxygen atoms in total. The van der Waals surface area contributed by atoms with Gasteiger partial charge in [-0.3, -0.25) is 9.36 Å². The minimum absolute atomic E-state index is 0.164. The first-order valence-electron chi connectivity index (χ1n) is 9.70. The molecule has 0 fully saturated rings. The predicted octanol–water partition coefficient (Wildman–Crippen LogP) is 5.54. The summed E-state index contributed by atoms with van der Waals surface area (Å²) < 4.78 is 7.08. The molecule has 0 aliphatic carbocycles. The fourth-order valence-electron chi connectivity index (χ4n) is 3.17. The lowest BCUT2D eigenvalue weighted by atomic mass is 9.98. The second-order valence-corrected chi connectivity index (χ2v) is 8.48. The third-order valence-corrected chi connectivity index (χ3v) is 6.18. The van der Waals surface area contributed by atoms with E-state index in [4.69, 9.17) is 21.0 Å². The van der Waals surface area contributed by atoms with Crippen molar-refractivity contribution in [1.29, 1.82) is 0 Å². The van der Waals surface area contributed by atoms with Crippen molar-refractivity contribution >= 4 is 34.3 Å². The van der Waals surface area contributed by atoms with Gasteiger partial charge in [-0.15, -0.1) is 10.2 Å². The average molecular weight is 441 g/mol. The van der Waals surface area contributed by atoms with E-state index < -0.39 is 0 Å². The summed E-state index contributed by atoms with van der Waals surface area (Å²) >= 11 is 7.51. The molecule has 4 rings (SSSR count).